The first-order valence-electron chi connectivity index (χ1n) is 10.1. The van der Waals surface area contributed by atoms with Crippen LogP contribution in [-0.2, 0) is 16.2 Å². The van der Waals surface area contributed by atoms with Gasteiger partial charge >= 0.3 is 0 Å². The average Bonchev–Trinajstić information content (AvgIpc) is 3.55. The van der Waals surface area contributed by atoms with Gasteiger partial charge in [-0.05, 0) is 43.3 Å². The van der Waals surface area contributed by atoms with E-state index in [1.807, 2.05) is 59.5 Å². The Morgan fingerprint density at radius 2 is 1.66 bits per heavy atom. The van der Waals surface area contributed by atoms with Gasteiger partial charge in [0.05, 0.1) is 11.8 Å². The Kier molecular flexibility index (Phi) is 5.81. The molecule has 1 aliphatic carbocycles. The lowest BCUT2D eigenvalue weighted by Gasteiger charge is -2.32. The second kappa shape index (κ2) is 8.66. The average molecular weight is 393 g/mol. The van der Waals surface area contributed by atoms with E-state index < -0.39 is 0 Å². The molecule has 2 amide bonds. The SMILES string of the molecule is CN1CCN(C(=O)C2CC2C(=O)Nc2ccc(OCc3ccccc3)cc2)CC1. The maximum atomic E-state index is 12.6. The fraction of sp³-hybridized carbons (Fsp3) is 0.391. The Balaban J connectivity index is 1.24. The maximum Gasteiger partial charge on any atom is 0.228 e. The first-order valence-corrected chi connectivity index (χ1v) is 10.1. The smallest absolute Gasteiger partial charge is 0.228 e. The normalized spacial score (nSPS) is 21.5. The van der Waals surface area contributed by atoms with E-state index in [2.05, 4.69) is 17.3 Å². The van der Waals surface area contributed by atoms with Crippen LogP contribution in [-0.4, -0.2) is 54.8 Å². The summed E-state index contributed by atoms with van der Waals surface area (Å²) in [4.78, 5) is 29.2. The second-order valence-electron chi connectivity index (χ2n) is 7.87. The summed E-state index contributed by atoms with van der Waals surface area (Å²) in [5, 5.41) is 2.93. The Bertz CT molecular complexity index is 845. The van der Waals surface area contributed by atoms with Gasteiger partial charge in [-0.15, -0.1) is 0 Å². The number of amides is 2. The van der Waals surface area contributed by atoms with Gasteiger partial charge in [0.25, 0.3) is 0 Å². The van der Waals surface area contributed by atoms with Crippen LogP contribution < -0.4 is 10.1 Å². The molecule has 1 aliphatic heterocycles. The highest BCUT2D eigenvalue weighted by atomic mass is 16.5. The summed E-state index contributed by atoms with van der Waals surface area (Å²) >= 11 is 0. The van der Waals surface area contributed by atoms with Crippen LogP contribution in [0.15, 0.2) is 54.6 Å². The number of benzene rings is 2. The van der Waals surface area contributed by atoms with Gasteiger partial charge in [-0.1, -0.05) is 30.3 Å². The number of carbonyl (C=O) groups excluding carboxylic acids is 2. The zero-order valence-corrected chi connectivity index (χ0v) is 16.7. The van der Waals surface area contributed by atoms with Gasteiger partial charge in [0.2, 0.25) is 11.8 Å². The van der Waals surface area contributed by atoms with E-state index in [9.17, 15) is 9.59 Å². The minimum atomic E-state index is -0.212. The second-order valence-corrected chi connectivity index (χ2v) is 7.87. The summed E-state index contributed by atoms with van der Waals surface area (Å²) in [5.41, 5.74) is 1.83. The van der Waals surface area contributed by atoms with Crippen LogP contribution in [0, 0.1) is 11.8 Å². The van der Waals surface area contributed by atoms with Gasteiger partial charge < -0.3 is 19.9 Å². The third-order valence-corrected chi connectivity index (χ3v) is 5.63. The lowest BCUT2D eigenvalue weighted by molar-refractivity contribution is -0.135. The quantitative estimate of drug-likeness (QED) is 0.820. The van der Waals surface area contributed by atoms with Crippen molar-refractivity contribution in [1.82, 2.24) is 9.80 Å². The molecule has 0 aromatic heterocycles. The van der Waals surface area contributed by atoms with Crippen molar-refractivity contribution in [2.45, 2.75) is 13.0 Å². The van der Waals surface area contributed by atoms with Crippen molar-refractivity contribution in [3.63, 3.8) is 0 Å². The number of anilines is 1. The largest absolute Gasteiger partial charge is 0.489 e. The molecule has 0 radical (unpaired) electrons. The summed E-state index contributed by atoms with van der Waals surface area (Å²) in [6.07, 6.45) is 0.648. The van der Waals surface area contributed by atoms with E-state index in [1.54, 1.807) is 0 Å². The van der Waals surface area contributed by atoms with E-state index in [0.717, 1.165) is 43.2 Å². The molecule has 0 bridgehead atoms. The van der Waals surface area contributed by atoms with Gasteiger partial charge in [0.15, 0.2) is 0 Å². The number of nitrogens with one attached hydrogen (secondary N) is 1. The number of hydrogen-bond acceptors (Lipinski definition) is 4. The molecule has 1 N–H and O–H groups in total. The number of nitrogens with zero attached hydrogens (tertiary/aromatic N) is 2. The molecule has 1 heterocycles. The van der Waals surface area contributed by atoms with Crippen LogP contribution in [0.1, 0.15) is 12.0 Å². The minimum absolute atomic E-state index is 0.0737. The fourth-order valence-corrected chi connectivity index (χ4v) is 3.63. The molecular weight excluding hydrogens is 366 g/mol. The topological polar surface area (TPSA) is 61.9 Å². The molecule has 0 spiro atoms. The number of piperazine rings is 1. The van der Waals surface area contributed by atoms with Crippen molar-refractivity contribution in [1.29, 1.82) is 0 Å². The van der Waals surface area contributed by atoms with Crippen LogP contribution in [0.3, 0.4) is 0 Å². The van der Waals surface area contributed by atoms with Crippen molar-refractivity contribution >= 4 is 17.5 Å². The predicted molar refractivity (Wildman–Crippen MR) is 112 cm³/mol. The van der Waals surface area contributed by atoms with Crippen LogP contribution in [0.2, 0.25) is 0 Å². The summed E-state index contributed by atoms with van der Waals surface area (Å²) in [5.74, 6) is 0.433. The molecule has 6 heteroatoms. The lowest BCUT2D eigenvalue weighted by Crippen LogP contribution is -2.48. The van der Waals surface area contributed by atoms with Crippen LogP contribution in [0.4, 0.5) is 5.69 Å². The highest BCUT2D eigenvalue weighted by Crippen LogP contribution is 2.41. The lowest BCUT2D eigenvalue weighted by atomic mass is 10.2. The van der Waals surface area contributed by atoms with E-state index in [4.69, 9.17) is 4.74 Å². The Hall–Kier alpha value is -2.86. The van der Waals surface area contributed by atoms with E-state index in [1.165, 1.54) is 0 Å². The predicted octanol–water partition coefficient (Wildman–Crippen LogP) is 2.61. The molecule has 4 rings (SSSR count). The van der Waals surface area contributed by atoms with E-state index >= 15 is 0 Å². The highest BCUT2D eigenvalue weighted by Gasteiger charge is 2.49. The molecule has 1 saturated carbocycles. The van der Waals surface area contributed by atoms with Crippen molar-refractivity contribution < 1.29 is 14.3 Å². The number of rotatable bonds is 6. The third-order valence-electron chi connectivity index (χ3n) is 5.63. The minimum Gasteiger partial charge on any atom is -0.489 e. The zero-order chi connectivity index (χ0) is 20.2. The van der Waals surface area contributed by atoms with Gasteiger partial charge in [-0.3, -0.25) is 9.59 Å². The van der Waals surface area contributed by atoms with Crippen molar-refractivity contribution in [3.8, 4) is 5.75 Å². The molecule has 152 valence electrons. The Morgan fingerprint density at radius 1 is 0.966 bits per heavy atom. The molecule has 6 nitrogen and oxygen atoms in total. The maximum absolute atomic E-state index is 12.6. The molecular formula is C23H27N3O3. The van der Waals surface area contributed by atoms with Gasteiger partial charge in [0.1, 0.15) is 12.4 Å². The molecule has 2 aromatic carbocycles. The Morgan fingerprint density at radius 3 is 2.34 bits per heavy atom. The fourth-order valence-electron chi connectivity index (χ4n) is 3.63. The number of likely N-dealkylation sites (N-methyl/N-ethyl adjacent to an activating group) is 1. The highest BCUT2D eigenvalue weighted by molar-refractivity contribution is 5.99. The molecule has 2 aliphatic rings. The molecule has 1 saturated heterocycles. The van der Waals surface area contributed by atoms with E-state index in [-0.39, 0.29) is 23.7 Å². The molecule has 2 fully saturated rings. The first kappa shape index (κ1) is 19.5. The monoisotopic (exact) mass is 393 g/mol. The van der Waals surface area contributed by atoms with Crippen LogP contribution in [0.25, 0.3) is 0 Å². The van der Waals surface area contributed by atoms with Crippen molar-refractivity contribution in [2.24, 2.45) is 11.8 Å². The van der Waals surface area contributed by atoms with Crippen molar-refractivity contribution in [3.05, 3.63) is 60.2 Å². The molecule has 2 unspecified atom stereocenters. The van der Waals surface area contributed by atoms with E-state index in [0.29, 0.717) is 13.0 Å². The molecule has 2 atom stereocenters. The standard InChI is InChI=1S/C23H27N3O3/c1-25-11-13-26(14-12-25)23(28)21-15-20(21)22(27)24-18-7-9-19(10-8-18)29-16-17-5-3-2-4-6-17/h2-10,20-21H,11-16H2,1H3,(H,24,27). The van der Waals surface area contributed by atoms with Crippen molar-refractivity contribution in [2.75, 3.05) is 38.5 Å². The summed E-state index contributed by atoms with van der Waals surface area (Å²) in [7, 11) is 2.06. The number of carbonyl (C=O) groups is 2. The molecule has 2 aromatic rings. The van der Waals surface area contributed by atoms with Gasteiger partial charge in [0, 0.05) is 31.9 Å². The zero-order valence-electron chi connectivity index (χ0n) is 16.7. The summed E-state index contributed by atoms with van der Waals surface area (Å²) < 4.78 is 5.77. The Labute approximate surface area is 171 Å². The third kappa shape index (κ3) is 4.95. The van der Waals surface area contributed by atoms with Gasteiger partial charge in [-0.2, -0.15) is 0 Å². The first-order chi connectivity index (χ1) is 14.1. The number of hydrogen-bond donors (Lipinski definition) is 1. The van der Waals surface area contributed by atoms with Crippen LogP contribution >= 0.6 is 0 Å². The van der Waals surface area contributed by atoms with Gasteiger partial charge in [-0.25, -0.2) is 0 Å². The number of ether oxygens (including phenoxy) is 1. The summed E-state index contributed by atoms with van der Waals surface area (Å²) in [6.45, 7) is 3.81. The molecule has 29 heavy (non-hydrogen) atoms. The van der Waals surface area contributed by atoms with Crippen LogP contribution in [0.5, 0.6) is 5.75 Å². The summed E-state index contributed by atoms with van der Waals surface area (Å²) in [6, 6.07) is 17.3.